The summed E-state index contributed by atoms with van der Waals surface area (Å²) in [5.41, 5.74) is 3.29. The van der Waals surface area contributed by atoms with Crippen molar-refractivity contribution in [1.82, 2.24) is 14.6 Å². The highest BCUT2D eigenvalue weighted by Gasteiger charge is 2.31. The number of benzene rings is 1. The number of rotatable bonds is 7. The molecule has 2 aromatic rings. The van der Waals surface area contributed by atoms with Crippen molar-refractivity contribution in [3.63, 3.8) is 0 Å². The Kier molecular flexibility index (Phi) is 5.85. The van der Waals surface area contributed by atoms with Gasteiger partial charge in [0.05, 0.1) is 12.7 Å². The van der Waals surface area contributed by atoms with E-state index in [1.807, 2.05) is 0 Å². The van der Waals surface area contributed by atoms with E-state index in [0.29, 0.717) is 56.1 Å². The summed E-state index contributed by atoms with van der Waals surface area (Å²) in [6.45, 7) is 1.29. The largest absolute Gasteiger partial charge is 0.411 e. The quantitative estimate of drug-likeness (QED) is 0.389. The predicted molar refractivity (Wildman–Crippen MR) is 107 cm³/mol. The zero-order chi connectivity index (χ0) is 21.3. The Morgan fingerprint density at radius 3 is 3.07 bits per heavy atom. The van der Waals surface area contributed by atoms with Gasteiger partial charge in [-0.3, -0.25) is 0 Å². The van der Waals surface area contributed by atoms with Gasteiger partial charge in [-0.2, -0.15) is 0 Å². The minimum atomic E-state index is -2.77. The number of hydrogen-bond acceptors (Lipinski definition) is 8. The van der Waals surface area contributed by atoms with Gasteiger partial charge in [0.15, 0.2) is 5.69 Å². The molecule has 1 aliphatic carbocycles. The first-order valence-corrected chi connectivity index (χ1v) is 11.7. The second-order valence-electron chi connectivity index (χ2n) is 7.78. The number of aromatic nitrogens is 2. The number of aryl methyl sites for hydroxylation is 1. The molecular weight excluding hydrogens is 413 g/mol. The van der Waals surface area contributed by atoms with Crippen LogP contribution in [0.25, 0.3) is 0 Å². The monoisotopic (exact) mass is 437 g/mol. The topological polar surface area (TPSA) is 125 Å². The molecule has 0 spiro atoms. The van der Waals surface area contributed by atoms with Gasteiger partial charge in [-0.05, 0) is 53.6 Å². The van der Waals surface area contributed by atoms with Crippen LogP contribution < -0.4 is 0 Å². The smallest absolute Gasteiger partial charge is 0.155 e. The summed E-state index contributed by atoms with van der Waals surface area (Å²) in [6, 6.07) is 4.74. The first-order chi connectivity index (χ1) is 14.3. The third-order valence-corrected chi connectivity index (χ3v) is 7.02. The number of halogens is 1. The van der Waals surface area contributed by atoms with Crippen LogP contribution in [0.15, 0.2) is 28.0 Å². The van der Waals surface area contributed by atoms with Crippen LogP contribution in [0.2, 0.25) is 0 Å². The van der Waals surface area contributed by atoms with Crippen LogP contribution >= 0.6 is 0 Å². The first-order valence-electron chi connectivity index (χ1n) is 9.76. The maximum Gasteiger partial charge on any atom is 0.155 e. The van der Waals surface area contributed by atoms with Gasteiger partial charge < -0.3 is 9.94 Å². The van der Waals surface area contributed by atoms with Crippen molar-refractivity contribution in [2.24, 2.45) is 5.16 Å². The van der Waals surface area contributed by atoms with Gasteiger partial charge in [-0.1, -0.05) is 16.4 Å². The van der Waals surface area contributed by atoms with E-state index in [2.05, 4.69) is 15.5 Å². The van der Waals surface area contributed by atoms with Crippen molar-refractivity contribution in [1.29, 1.82) is 4.78 Å². The normalized spacial score (nSPS) is 24.1. The van der Waals surface area contributed by atoms with E-state index >= 15 is 0 Å². The third-order valence-electron chi connectivity index (χ3n) is 5.70. The van der Waals surface area contributed by atoms with Gasteiger partial charge in [0, 0.05) is 25.8 Å². The molecule has 30 heavy (non-hydrogen) atoms. The number of nitrogens with one attached hydrogen (secondary N) is 1. The van der Waals surface area contributed by atoms with Crippen molar-refractivity contribution < 1.29 is 23.2 Å². The first kappa shape index (κ1) is 20.9. The lowest BCUT2D eigenvalue weighted by atomic mass is 9.74. The lowest BCUT2D eigenvalue weighted by Gasteiger charge is -2.32. The molecule has 1 aromatic carbocycles. The van der Waals surface area contributed by atoms with Crippen molar-refractivity contribution in [2.45, 2.75) is 37.7 Å². The maximum atomic E-state index is 13.5. The number of morpholine rings is 1. The Labute approximate surface area is 174 Å². The van der Waals surface area contributed by atoms with Gasteiger partial charge in [0.25, 0.3) is 0 Å². The van der Waals surface area contributed by atoms with E-state index in [1.54, 1.807) is 10.4 Å². The maximum absolute atomic E-state index is 13.5. The Morgan fingerprint density at radius 2 is 2.30 bits per heavy atom. The third kappa shape index (κ3) is 4.37. The van der Waals surface area contributed by atoms with Crippen LogP contribution in [0.3, 0.4) is 0 Å². The van der Waals surface area contributed by atoms with E-state index in [1.165, 1.54) is 18.4 Å². The molecule has 0 radical (unpaired) electrons. The number of fused-ring (bicyclic) bond motifs is 1. The summed E-state index contributed by atoms with van der Waals surface area (Å²) in [5.74, 6) is -0.230. The predicted octanol–water partition coefficient (Wildman–Crippen LogP) is 2.34. The lowest BCUT2D eigenvalue weighted by Crippen LogP contribution is -2.44. The van der Waals surface area contributed by atoms with E-state index < -0.39 is 9.92 Å². The Morgan fingerprint density at radius 1 is 1.47 bits per heavy atom. The van der Waals surface area contributed by atoms with E-state index in [4.69, 9.17) is 14.1 Å². The molecule has 4 rings (SSSR count). The molecular formula is C19H24FN5O4S. The Hall–Kier alpha value is -2.37. The fourth-order valence-corrected chi connectivity index (χ4v) is 4.92. The minimum absolute atomic E-state index is 0.0520. The summed E-state index contributed by atoms with van der Waals surface area (Å²) in [4.78, 5) is 0. The molecule has 9 nitrogen and oxygen atoms in total. The second-order valence-corrected chi connectivity index (χ2v) is 9.90. The summed E-state index contributed by atoms with van der Waals surface area (Å²) >= 11 is 0. The van der Waals surface area contributed by atoms with Crippen molar-refractivity contribution in [2.75, 3.05) is 26.0 Å². The van der Waals surface area contributed by atoms with Crippen LogP contribution in [0.1, 0.15) is 41.3 Å². The molecule has 0 saturated carbocycles. The molecule has 1 fully saturated rings. The fraction of sp³-hybridized carbons (Fsp3) is 0.526. The standard InChI is InChI=1S/C19H24FN5O4S/c1-30(21,27)25-6-7-28-15(11-25)4-5-17-19(24-29-23-17)18(22-26)9-13-8-12-2-3-14(20)10-16(12)13/h2-3,10,13,15,21,26H,4-9,11H2,1H3/b22-18-/t13-,15-,30?/m0/s1. The molecule has 2 aliphatic rings. The Balaban J connectivity index is 1.40. The molecule has 0 amide bonds. The van der Waals surface area contributed by atoms with Crippen molar-refractivity contribution in [3.05, 3.63) is 46.5 Å². The van der Waals surface area contributed by atoms with Gasteiger partial charge >= 0.3 is 0 Å². The molecule has 1 aromatic heterocycles. The summed E-state index contributed by atoms with van der Waals surface area (Å²) < 4.78 is 45.5. The lowest BCUT2D eigenvalue weighted by molar-refractivity contribution is -0.00443. The average molecular weight is 437 g/mol. The van der Waals surface area contributed by atoms with Gasteiger partial charge in [-0.15, -0.1) is 0 Å². The molecule has 162 valence electrons. The number of ether oxygens (including phenoxy) is 1. The second kappa shape index (κ2) is 8.40. The highest BCUT2D eigenvalue weighted by molar-refractivity contribution is 7.89. The van der Waals surface area contributed by atoms with E-state index in [0.717, 1.165) is 17.5 Å². The minimum Gasteiger partial charge on any atom is -0.411 e. The summed E-state index contributed by atoms with van der Waals surface area (Å²) in [7, 11) is -2.77. The molecule has 1 aliphatic heterocycles. The van der Waals surface area contributed by atoms with E-state index in [-0.39, 0.29) is 17.8 Å². The number of hydrogen-bond donors (Lipinski definition) is 2. The van der Waals surface area contributed by atoms with E-state index in [9.17, 15) is 13.8 Å². The van der Waals surface area contributed by atoms with Crippen LogP contribution in [0, 0.1) is 10.6 Å². The zero-order valence-electron chi connectivity index (χ0n) is 16.6. The molecule has 2 heterocycles. The van der Waals surface area contributed by atoms with Crippen molar-refractivity contribution >= 4 is 15.6 Å². The average Bonchev–Trinajstić information content (AvgIpc) is 3.17. The highest BCUT2D eigenvalue weighted by atomic mass is 32.2. The summed E-state index contributed by atoms with van der Waals surface area (Å²) in [5, 5.41) is 20.8. The number of oxime groups is 1. The number of nitrogens with zero attached hydrogens (tertiary/aromatic N) is 4. The van der Waals surface area contributed by atoms with Crippen LogP contribution in [0.5, 0.6) is 0 Å². The summed E-state index contributed by atoms with van der Waals surface area (Å²) in [6.07, 6.45) is 3.44. The molecule has 1 unspecified atom stereocenters. The SMILES string of the molecule is CS(=N)(=O)N1CCO[C@@H](CCc2nonc2/C(C[C@@H]2Cc3ccc(F)cc32)=N\O)C1. The molecule has 2 N–H and O–H groups in total. The van der Waals surface area contributed by atoms with Gasteiger partial charge in [0.1, 0.15) is 27.1 Å². The van der Waals surface area contributed by atoms with Crippen LogP contribution in [-0.2, 0) is 27.5 Å². The van der Waals surface area contributed by atoms with Crippen molar-refractivity contribution in [3.8, 4) is 0 Å². The highest BCUT2D eigenvalue weighted by Crippen LogP contribution is 2.38. The Bertz CT molecular complexity index is 1050. The molecule has 1 saturated heterocycles. The zero-order valence-corrected chi connectivity index (χ0v) is 17.4. The van der Waals surface area contributed by atoms with Crippen LogP contribution in [-0.4, -0.2) is 61.8 Å². The van der Waals surface area contributed by atoms with Crippen LogP contribution in [0.4, 0.5) is 4.39 Å². The molecule has 11 heteroatoms. The fourth-order valence-electron chi connectivity index (χ4n) is 4.05. The van der Waals surface area contributed by atoms with Gasteiger partial charge in [-0.25, -0.2) is 22.3 Å². The molecule has 3 atom stereocenters. The molecule has 0 bridgehead atoms. The van der Waals surface area contributed by atoms with Gasteiger partial charge in [0.2, 0.25) is 0 Å².